The Morgan fingerprint density at radius 1 is 1.47 bits per heavy atom. The van der Waals surface area contributed by atoms with Gasteiger partial charge in [0.05, 0.1) is 18.2 Å². The van der Waals surface area contributed by atoms with E-state index >= 15 is 0 Å². The molecule has 2 heterocycles. The molecule has 1 aromatic heterocycles. The van der Waals surface area contributed by atoms with Gasteiger partial charge in [0.1, 0.15) is 0 Å². The number of piperidine rings is 1. The smallest absolute Gasteiger partial charge is 0.227 e. The van der Waals surface area contributed by atoms with Crippen LogP contribution in [0.5, 0.6) is 0 Å². The number of H-pyrrole nitrogens is 1. The highest BCUT2D eigenvalue weighted by Crippen LogP contribution is 2.15. The van der Waals surface area contributed by atoms with E-state index in [0.717, 1.165) is 17.0 Å². The fourth-order valence-corrected chi connectivity index (χ4v) is 2.21. The Morgan fingerprint density at radius 3 is 2.65 bits per heavy atom. The number of hydrogen-bond donors (Lipinski definition) is 2. The molecule has 17 heavy (non-hydrogen) atoms. The molecule has 1 saturated heterocycles. The lowest BCUT2D eigenvalue weighted by Crippen LogP contribution is -2.40. The maximum absolute atomic E-state index is 12.1. The largest absolute Gasteiger partial charge is 0.393 e. The molecule has 1 fully saturated rings. The van der Waals surface area contributed by atoms with Crippen LogP contribution in [0.3, 0.4) is 0 Å². The SMILES string of the molecule is Cc1n[nH]c(C)c1CC(=O)N1CCC(O)CC1. The highest BCUT2D eigenvalue weighted by Gasteiger charge is 2.22. The minimum absolute atomic E-state index is 0.129. The molecule has 1 aliphatic heterocycles. The van der Waals surface area contributed by atoms with Gasteiger partial charge >= 0.3 is 0 Å². The first-order valence-electron chi connectivity index (χ1n) is 6.04. The van der Waals surface area contributed by atoms with Gasteiger partial charge in [0.2, 0.25) is 5.91 Å². The Labute approximate surface area is 101 Å². The molecule has 5 nitrogen and oxygen atoms in total. The number of nitrogens with one attached hydrogen (secondary N) is 1. The zero-order valence-corrected chi connectivity index (χ0v) is 10.4. The van der Waals surface area contributed by atoms with E-state index in [1.165, 1.54) is 0 Å². The van der Waals surface area contributed by atoms with Gasteiger partial charge in [0.15, 0.2) is 0 Å². The van der Waals surface area contributed by atoms with Gasteiger partial charge in [0, 0.05) is 24.3 Å². The summed E-state index contributed by atoms with van der Waals surface area (Å²) < 4.78 is 0. The average Bonchev–Trinajstić information content (AvgIpc) is 2.61. The Kier molecular flexibility index (Phi) is 3.47. The normalized spacial score (nSPS) is 17.5. The molecule has 0 spiro atoms. The topological polar surface area (TPSA) is 69.2 Å². The van der Waals surface area contributed by atoms with Crippen molar-refractivity contribution in [2.75, 3.05) is 13.1 Å². The number of carbonyl (C=O) groups excluding carboxylic acids is 1. The van der Waals surface area contributed by atoms with Crippen LogP contribution in [0.15, 0.2) is 0 Å². The summed E-state index contributed by atoms with van der Waals surface area (Å²) >= 11 is 0. The first-order chi connectivity index (χ1) is 8.08. The minimum Gasteiger partial charge on any atom is -0.393 e. The van der Waals surface area contributed by atoms with Crippen LogP contribution in [-0.4, -0.2) is 45.3 Å². The number of hydrogen-bond acceptors (Lipinski definition) is 3. The van der Waals surface area contributed by atoms with E-state index in [1.807, 2.05) is 18.7 Å². The molecule has 0 unspecified atom stereocenters. The van der Waals surface area contributed by atoms with Gasteiger partial charge in [-0.1, -0.05) is 0 Å². The van der Waals surface area contributed by atoms with Crippen molar-refractivity contribution in [3.8, 4) is 0 Å². The van der Waals surface area contributed by atoms with E-state index < -0.39 is 0 Å². The van der Waals surface area contributed by atoms with Crippen molar-refractivity contribution >= 4 is 5.91 Å². The van der Waals surface area contributed by atoms with Crippen LogP contribution in [0.1, 0.15) is 29.8 Å². The van der Waals surface area contributed by atoms with Crippen LogP contribution in [0.25, 0.3) is 0 Å². The number of likely N-dealkylation sites (tertiary alicyclic amines) is 1. The predicted octanol–water partition coefficient (Wildman–Crippen LogP) is 0.552. The summed E-state index contributed by atoms with van der Waals surface area (Å²) in [5.41, 5.74) is 2.86. The number of aliphatic hydroxyl groups is 1. The lowest BCUT2D eigenvalue weighted by molar-refractivity contribution is -0.132. The van der Waals surface area contributed by atoms with E-state index in [-0.39, 0.29) is 12.0 Å². The van der Waals surface area contributed by atoms with Gasteiger partial charge in [-0.05, 0) is 26.7 Å². The first kappa shape index (κ1) is 12.1. The number of nitrogens with zero attached hydrogens (tertiary/aromatic N) is 2. The summed E-state index contributed by atoms with van der Waals surface area (Å²) in [6.45, 7) is 5.17. The van der Waals surface area contributed by atoms with Gasteiger partial charge in [0.25, 0.3) is 0 Å². The monoisotopic (exact) mass is 237 g/mol. The Balaban J connectivity index is 1.98. The molecule has 5 heteroatoms. The third-order valence-corrected chi connectivity index (χ3v) is 3.43. The molecule has 0 aromatic carbocycles. The number of aromatic nitrogens is 2. The maximum atomic E-state index is 12.1. The van der Waals surface area contributed by atoms with Crippen molar-refractivity contribution in [3.63, 3.8) is 0 Å². The molecule has 0 saturated carbocycles. The van der Waals surface area contributed by atoms with Crippen LogP contribution in [0, 0.1) is 13.8 Å². The fourth-order valence-electron chi connectivity index (χ4n) is 2.21. The summed E-state index contributed by atoms with van der Waals surface area (Å²) in [6.07, 6.45) is 1.55. The Bertz CT molecular complexity index is 386. The van der Waals surface area contributed by atoms with Crippen LogP contribution < -0.4 is 0 Å². The second-order valence-corrected chi connectivity index (χ2v) is 4.70. The second kappa shape index (κ2) is 4.87. The molecular formula is C12H19N3O2. The molecule has 2 N–H and O–H groups in total. The maximum Gasteiger partial charge on any atom is 0.227 e. The van der Waals surface area contributed by atoms with Crippen molar-refractivity contribution in [1.29, 1.82) is 0 Å². The number of aryl methyl sites for hydroxylation is 2. The van der Waals surface area contributed by atoms with Crippen LogP contribution >= 0.6 is 0 Å². The third kappa shape index (κ3) is 2.66. The Hall–Kier alpha value is -1.36. The number of carbonyl (C=O) groups is 1. The van der Waals surface area contributed by atoms with Crippen molar-refractivity contribution < 1.29 is 9.90 Å². The molecular weight excluding hydrogens is 218 g/mol. The number of rotatable bonds is 2. The van der Waals surface area contributed by atoms with E-state index in [1.54, 1.807) is 0 Å². The number of amides is 1. The number of aromatic amines is 1. The fraction of sp³-hybridized carbons (Fsp3) is 0.667. The molecule has 94 valence electrons. The van der Waals surface area contributed by atoms with Crippen molar-refractivity contribution in [2.45, 2.75) is 39.2 Å². The molecule has 0 aliphatic carbocycles. The summed E-state index contributed by atoms with van der Waals surface area (Å²) in [5, 5.41) is 16.4. The standard InChI is InChI=1S/C12H19N3O2/c1-8-11(9(2)14-13-8)7-12(17)15-5-3-10(16)4-6-15/h10,16H,3-7H2,1-2H3,(H,13,14). The van der Waals surface area contributed by atoms with E-state index in [2.05, 4.69) is 10.2 Å². The minimum atomic E-state index is -0.239. The lowest BCUT2D eigenvalue weighted by atomic mass is 10.1. The predicted molar refractivity (Wildman–Crippen MR) is 63.6 cm³/mol. The molecule has 0 atom stereocenters. The molecule has 1 aromatic rings. The Morgan fingerprint density at radius 2 is 2.12 bits per heavy atom. The molecule has 0 bridgehead atoms. The molecule has 2 rings (SSSR count). The zero-order valence-electron chi connectivity index (χ0n) is 10.4. The molecule has 0 radical (unpaired) electrons. The summed E-state index contributed by atoms with van der Waals surface area (Å²) in [6, 6.07) is 0. The van der Waals surface area contributed by atoms with Crippen molar-refractivity contribution in [1.82, 2.24) is 15.1 Å². The van der Waals surface area contributed by atoms with Crippen molar-refractivity contribution in [3.05, 3.63) is 17.0 Å². The molecule has 1 aliphatic rings. The third-order valence-electron chi connectivity index (χ3n) is 3.43. The quantitative estimate of drug-likeness (QED) is 0.789. The van der Waals surface area contributed by atoms with E-state index in [4.69, 9.17) is 0 Å². The highest BCUT2D eigenvalue weighted by atomic mass is 16.3. The van der Waals surface area contributed by atoms with Gasteiger partial charge in [-0.3, -0.25) is 9.89 Å². The van der Waals surface area contributed by atoms with Gasteiger partial charge in [-0.15, -0.1) is 0 Å². The summed E-state index contributed by atoms with van der Waals surface area (Å²) in [5.74, 6) is 0.129. The number of aliphatic hydroxyl groups excluding tert-OH is 1. The van der Waals surface area contributed by atoms with Gasteiger partial charge in [-0.2, -0.15) is 5.10 Å². The zero-order chi connectivity index (χ0) is 12.4. The van der Waals surface area contributed by atoms with Crippen LogP contribution in [0.4, 0.5) is 0 Å². The van der Waals surface area contributed by atoms with Crippen molar-refractivity contribution in [2.24, 2.45) is 0 Å². The van der Waals surface area contributed by atoms with Gasteiger partial charge < -0.3 is 10.0 Å². The first-order valence-corrected chi connectivity index (χ1v) is 6.04. The van der Waals surface area contributed by atoms with Gasteiger partial charge in [-0.25, -0.2) is 0 Å². The van der Waals surface area contributed by atoms with Crippen LogP contribution in [0.2, 0.25) is 0 Å². The second-order valence-electron chi connectivity index (χ2n) is 4.70. The summed E-state index contributed by atoms with van der Waals surface area (Å²) in [4.78, 5) is 13.9. The average molecular weight is 237 g/mol. The highest BCUT2D eigenvalue weighted by molar-refractivity contribution is 5.79. The molecule has 1 amide bonds. The lowest BCUT2D eigenvalue weighted by Gasteiger charge is -2.29. The van der Waals surface area contributed by atoms with Crippen LogP contribution in [-0.2, 0) is 11.2 Å². The summed E-state index contributed by atoms with van der Waals surface area (Å²) in [7, 11) is 0. The van der Waals surface area contributed by atoms with E-state index in [0.29, 0.717) is 32.4 Å². The van der Waals surface area contributed by atoms with E-state index in [9.17, 15) is 9.90 Å².